The summed E-state index contributed by atoms with van der Waals surface area (Å²) in [7, 11) is 0. The fourth-order valence-electron chi connectivity index (χ4n) is 2.10. The van der Waals surface area contributed by atoms with Gasteiger partial charge in [-0.05, 0) is 12.1 Å². The summed E-state index contributed by atoms with van der Waals surface area (Å²) in [4.78, 5) is 15.6. The highest BCUT2D eigenvalue weighted by Gasteiger charge is 2.24. The second kappa shape index (κ2) is 5.01. The van der Waals surface area contributed by atoms with E-state index in [1.807, 2.05) is 10.5 Å². The standard InChI is InChI=1S/C13H19N5O2/c1-13(2,3)11-12(15-6-10(19)17-20)16-9-5-4-8(14)7-18(9)11/h4-5,7,15,20H,6,14H2,1-3H3,(H,17,19). The average Bonchev–Trinajstić information content (AvgIpc) is 2.73. The first-order valence-electron chi connectivity index (χ1n) is 6.28. The molecular weight excluding hydrogens is 258 g/mol. The van der Waals surface area contributed by atoms with Gasteiger partial charge >= 0.3 is 0 Å². The molecule has 0 atom stereocenters. The lowest BCUT2D eigenvalue weighted by molar-refractivity contribution is -0.127. The quantitative estimate of drug-likeness (QED) is 0.497. The monoisotopic (exact) mass is 277 g/mol. The molecule has 0 fully saturated rings. The minimum absolute atomic E-state index is 0.0566. The van der Waals surface area contributed by atoms with Crippen molar-refractivity contribution in [2.75, 3.05) is 17.6 Å². The van der Waals surface area contributed by atoms with E-state index in [-0.39, 0.29) is 12.0 Å². The first kappa shape index (κ1) is 14.1. The number of nitrogens with zero attached hydrogens (tertiary/aromatic N) is 2. The minimum atomic E-state index is -0.526. The summed E-state index contributed by atoms with van der Waals surface area (Å²) in [5.41, 5.74) is 9.52. The first-order chi connectivity index (χ1) is 9.32. The van der Waals surface area contributed by atoms with Crippen molar-refractivity contribution in [3.05, 3.63) is 24.0 Å². The third kappa shape index (κ3) is 2.67. The van der Waals surface area contributed by atoms with Crippen LogP contribution in [0.2, 0.25) is 0 Å². The van der Waals surface area contributed by atoms with Gasteiger partial charge in [-0.2, -0.15) is 0 Å². The molecule has 2 aromatic heterocycles. The number of carbonyl (C=O) groups excluding carboxylic acids is 1. The van der Waals surface area contributed by atoms with E-state index in [1.54, 1.807) is 17.7 Å². The van der Waals surface area contributed by atoms with Gasteiger partial charge < -0.3 is 11.1 Å². The Bertz CT molecular complexity index is 642. The molecule has 108 valence electrons. The SMILES string of the molecule is CC(C)(C)c1c(NCC(=O)NO)nc2ccc(N)cn12. The van der Waals surface area contributed by atoms with E-state index in [1.165, 1.54) is 0 Å². The first-order valence-corrected chi connectivity index (χ1v) is 6.28. The van der Waals surface area contributed by atoms with Crippen molar-refractivity contribution in [1.82, 2.24) is 14.9 Å². The number of nitrogens with two attached hydrogens (primary N) is 1. The van der Waals surface area contributed by atoms with Crippen LogP contribution in [0.4, 0.5) is 11.5 Å². The molecule has 0 aromatic carbocycles. The number of hydroxylamine groups is 1. The van der Waals surface area contributed by atoms with Crippen molar-refractivity contribution in [3.8, 4) is 0 Å². The lowest BCUT2D eigenvalue weighted by atomic mass is 9.92. The summed E-state index contributed by atoms with van der Waals surface area (Å²) in [6.07, 6.45) is 1.81. The number of nitrogens with one attached hydrogen (secondary N) is 2. The van der Waals surface area contributed by atoms with Crippen LogP contribution < -0.4 is 16.5 Å². The Morgan fingerprint density at radius 2 is 2.15 bits per heavy atom. The number of aromatic nitrogens is 2. The van der Waals surface area contributed by atoms with Crippen LogP contribution in [-0.4, -0.2) is 27.0 Å². The van der Waals surface area contributed by atoms with E-state index in [4.69, 9.17) is 10.9 Å². The fraction of sp³-hybridized carbons (Fsp3) is 0.385. The predicted octanol–water partition coefficient (Wildman–Crippen LogP) is 1.13. The van der Waals surface area contributed by atoms with Crippen LogP contribution in [0.3, 0.4) is 0 Å². The molecule has 0 saturated heterocycles. The van der Waals surface area contributed by atoms with Crippen molar-refractivity contribution in [3.63, 3.8) is 0 Å². The van der Waals surface area contributed by atoms with Gasteiger partial charge in [-0.25, -0.2) is 10.5 Å². The molecule has 0 aliphatic carbocycles. The topological polar surface area (TPSA) is 105 Å². The molecule has 2 rings (SSSR count). The van der Waals surface area contributed by atoms with Crippen LogP contribution >= 0.6 is 0 Å². The van der Waals surface area contributed by atoms with Crippen LogP contribution in [0.5, 0.6) is 0 Å². The highest BCUT2D eigenvalue weighted by Crippen LogP contribution is 2.30. The summed E-state index contributed by atoms with van der Waals surface area (Å²) < 4.78 is 1.91. The Morgan fingerprint density at radius 3 is 2.75 bits per heavy atom. The smallest absolute Gasteiger partial charge is 0.262 e. The highest BCUT2D eigenvalue weighted by atomic mass is 16.5. The van der Waals surface area contributed by atoms with Crippen molar-refractivity contribution >= 4 is 23.1 Å². The fourth-order valence-corrected chi connectivity index (χ4v) is 2.10. The molecule has 20 heavy (non-hydrogen) atoms. The molecule has 0 bridgehead atoms. The predicted molar refractivity (Wildman–Crippen MR) is 76.7 cm³/mol. The second-order valence-electron chi connectivity index (χ2n) is 5.64. The molecule has 0 spiro atoms. The molecule has 7 nitrogen and oxygen atoms in total. The minimum Gasteiger partial charge on any atom is -0.398 e. The summed E-state index contributed by atoms with van der Waals surface area (Å²) in [5.74, 6) is 0.0770. The Balaban J connectivity index is 2.50. The summed E-state index contributed by atoms with van der Waals surface area (Å²) in [6, 6.07) is 3.60. The molecule has 5 N–H and O–H groups in total. The van der Waals surface area contributed by atoms with Crippen molar-refractivity contribution in [1.29, 1.82) is 0 Å². The summed E-state index contributed by atoms with van der Waals surface area (Å²) in [5, 5.41) is 11.5. The number of imidazole rings is 1. The molecule has 7 heteroatoms. The molecule has 0 saturated carbocycles. The van der Waals surface area contributed by atoms with Crippen molar-refractivity contribution in [2.45, 2.75) is 26.2 Å². The van der Waals surface area contributed by atoms with Gasteiger partial charge in [0.2, 0.25) is 0 Å². The number of nitrogen functional groups attached to an aromatic ring is 1. The highest BCUT2D eigenvalue weighted by molar-refractivity contribution is 5.79. The lowest BCUT2D eigenvalue weighted by Crippen LogP contribution is -2.28. The molecule has 2 aromatic rings. The van der Waals surface area contributed by atoms with Crippen LogP contribution in [-0.2, 0) is 10.2 Å². The lowest BCUT2D eigenvalue weighted by Gasteiger charge is -2.20. The Labute approximate surface area is 116 Å². The van der Waals surface area contributed by atoms with Crippen LogP contribution in [0.25, 0.3) is 5.65 Å². The number of anilines is 2. The van der Waals surface area contributed by atoms with Crippen LogP contribution in [0.1, 0.15) is 26.5 Å². The summed E-state index contributed by atoms with van der Waals surface area (Å²) in [6.45, 7) is 6.10. The third-order valence-corrected chi connectivity index (χ3v) is 2.89. The van der Waals surface area contributed by atoms with E-state index in [9.17, 15) is 4.79 Å². The molecule has 2 heterocycles. The van der Waals surface area contributed by atoms with Gasteiger partial charge in [0.15, 0.2) is 0 Å². The van der Waals surface area contributed by atoms with Gasteiger partial charge in [-0.1, -0.05) is 20.8 Å². The maximum absolute atomic E-state index is 11.1. The Kier molecular flexibility index (Phi) is 3.54. The van der Waals surface area contributed by atoms with Crippen LogP contribution in [0, 0.1) is 0 Å². The maximum Gasteiger partial charge on any atom is 0.262 e. The molecule has 0 aliphatic heterocycles. The van der Waals surface area contributed by atoms with E-state index in [0.29, 0.717) is 11.5 Å². The Hall–Kier alpha value is -2.28. The van der Waals surface area contributed by atoms with Crippen LogP contribution in [0.15, 0.2) is 18.3 Å². The number of hydrogen-bond donors (Lipinski definition) is 4. The van der Waals surface area contributed by atoms with Gasteiger partial charge in [-0.3, -0.25) is 14.4 Å². The molecule has 0 radical (unpaired) electrons. The maximum atomic E-state index is 11.1. The summed E-state index contributed by atoms with van der Waals surface area (Å²) >= 11 is 0. The number of hydrogen-bond acceptors (Lipinski definition) is 5. The second-order valence-corrected chi connectivity index (χ2v) is 5.64. The average molecular weight is 277 g/mol. The third-order valence-electron chi connectivity index (χ3n) is 2.89. The zero-order chi connectivity index (χ0) is 14.9. The van der Waals surface area contributed by atoms with Gasteiger partial charge in [0.05, 0.1) is 12.2 Å². The number of carbonyl (C=O) groups is 1. The van der Waals surface area contributed by atoms with E-state index in [0.717, 1.165) is 11.3 Å². The van der Waals surface area contributed by atoms with Gasteiger partial charge in [0.25, 0.3) is 5.91 Å². The molecule has 0 aliphatic rings. The zero-order valence-corrected chi connectivity index (χ0v) is 11.8. The number of pyridine rings is 1. The largest absolute Gasteiger partial charge is 0.398 e. The van der Waals surface area contributed by atoms with Gasteiger partial charge in [-0.15, -0.1) is 0 Å². The number of amides is 1. The van der Waals surface area contributed by atoms with Gasteiger partial charge in [0, 0.05) is 17.3 Å². The number of rotatable bonds is 3. The van der Waals surface area contributed by atoms with E-state index >= 15 is 0 Å². The molecule has 1 amide bonds. The normalized spacial score (nSPS) is 11.6. The zero-order valence-electron chi connectivity index (χ0n) is 11.8. The Morgan fingerprint density at radius 1 is 1.45 bits per heavy atom. The van der Waals surface area contributed by atoms with Gasteiger partial charge in [0.1, 0.15) is 11.5 Å². The molecular formula is C13H19N5O2. The molecule has 0 unspecified atom stereocenters. The number of fused-ring (bicyclic) bond motifs is 1. The van der Waals surface area contributed by atoms with E-state index < -0.39 is 5.91 Å². The van der Waals surface area contributed by atoms with Crippen molar-refractivity contribution in [2.24, 2.45) is 0 Å². The van der Waals surface area contributed by atoms with Crippen molar-refractivity contribution < 1.29 is 10.0 Å². The van der Waals surface area contributed by atoms with E-state index in [2.05, 4.69) is 31.1 Å².